The van der Waals surface area contributed by atoms with Gasteiger partial charge in [-0.05, 0) is 69.6 Å². The predicted octanol–water partition coefficient (Wildman–Crippen LogP) is 4.82. The van der Waals surface area contributed by atoms with Crippen LogP contribution in [-0.2, 0) is 0 Å². The molecule has 0 aliphatic carbocycles. The summed E-state index contributed by atoms with van der Waals surface area (Å²) in [6.07, 6.45) is 4.37. The summed E-state index contributed by atoms with van der Waals surface area (Å²) in [5.41, 5.74) is 3.21. The minimum atomic E-state index is 0.171. The quantitative estimate of drug-likeness (QED) is 0.707. The summed E-state index contributed by atoms with van der Waals surface area (Å²) in [7, 11) is 0. The summed E-state index contributed by atoms with van der Waals surface area (Å²) in [6, 6.07) is 16.5. The van der Waals surface area contributed by atoms with Crippen LogP contribution in [-0.4, -0.2) is 30.3 Å². The number of pyridine rings is 1. The van der Waals surface area contributed by atoms with E-state index in [0.717, 1.165) is 59.5 Å². The Hall–Kier alpha value is -2.59. The van der Waals surface area contributed by atoms with Gasteiger partial charge in [0, 0.05) is 17.1 Å². The van der Waals surface area contributed by atoms with Crippen molar-refractivity contribution in [2.24, 2.45) is 0 Å². The highest BCUT2D eigenvalue weighted by molar-refractivity contribution is 5.96. The highest BCUT2D eigenvalue weighted by atomic mass is 16.5. The number of para-hydroxylation sites is 1. The number of piperidine rings is 1. The van der Waals surface area contributed by atoms with Crippen molar-refractivity contribution in [3.63, 3.8) is 0 Å². The fraction of sp³-hybridized carbons (Fsp3) is 0.348. The van der Waals surface area contributed by atoms with Gasteiger partial charge in [0.25, 0.3) is 0 Å². The summed E-state index contributed by atoms with van der Waals surface area (Å²) in [5.74, 6) is 1.81. The van der Waals surface area contributed by atoms with Crippen molar-refractivity contribution in [1.29, 1.82) is 0 Å². The zero-order valence-electron chi connectivity index (χ0n) is 15.9. The molecule has 140 valence electrons. The Morgan fingerprint density at radius 3 is 2.52 bits per heavy atom. The molecule has 0 spiro atoms. The Morgan fingerprint density at radius 1 is 1.00 bits per heavy atom. The third-order valence-electron chi connectivity index (χ3n) is 4.85. The van der Waals surface area contributed by atoms with E-state index in [4.69, 9.17) is 9.47 Å². The largest absolute Gasteiger partial charge is 0.491 e. The molecule has 0 atom stereocenters. The summed E-state index contributed by atoms with van der Waals surface area (Å²) in [5, 5.41) is 4.45. The van der Waals surface area contributed by atoms with Crippen LogP contribution < -0.4 is 14.8 Å². The Kier molecular flexibility index (Phi) is 5.26. The van der Waals surface area contributed by atoms with E-state index in [1.807, 2.05) is 38.2 Å². The van der Waals surface area contributed by atoms with Crippen molar-refractivity contribution in [2.45, 2.75) is 38.9 Å². The zero-order chi connectivity index (χ0) is 18.6. The van der Waals surface area contributed by atoms with Crippen LogP contribution in [0.15, 0.2) is 54.7 Å². The molecule has 2 heterocycles. The molecular formula is C23H26N2O2. The molecule has 1 saturated heterocycles. The lowest BCUT2D eigenvalue weighted by Gasteiger charge is -2.24. The molecule has 4 heteroatoms. The van der Waals surface area contributed by atoms with Gasteiger partial charge in [0.05, 0.1) is 11.6 Å². The van der Waals surface area contributed by atoms with Crippen LogP contribution in [0, 0.1) is 0 Å². The first-order valence-corrected chi connectivity index (χ1v) is 9.73. The van der Waals surface area contributed by atoms with Crippen molar-refractivity contribution < 1.29 is 9.47 Å². The fourth-order valence-electron chi connectivity index (χ4n) is 3.56. The standard InChI is InChI=1S/C23H26N2O2/c1-16(2)26-18-8-6-17(7-9-18)20-4-3-5-21-22(12-15-25-23(20)21)27-19-10-13-24-14-11-19/h3-9,12,15-16,19,24H,10-11,13-14H2,1-2H3. The normalized spacial score (nSPS) is 15.2. The van der Waals surface area contributed by atoms with E-state index >= 15 is 0 Å². The first-order chi connectivity index (χ1) is 13.2. The smallest absolute Gasteiger partial charge is 0.130 e. The second-order valence-corrected chi connectivity index (χ2v) is 7.27. The van der Waals surface area contributed by atoms with Crippen molar-refractivity contribution in [3.05, 3.63) is 54.7 Å². The first-order valence-electron chi connectivity index (χ1n) is 9.73. The van der Waals surface area contributed by atoms with E-state index in [2.05, 4.69) is 40.6 Å². The molecule has 27 heavy (non-hydrogen) atoms. The maximum Gasteiger partial charge on any atom is 0.130 e. The number of benzene rings is 2. The number of rotatable bonds is 5. The molecule has 4 rings (SSSR count). The van der Waals surface area contributed by atoms with Gasteiger partial charge < -0.3 is 14.8 Å². The Balaban J connectivity index is 1.66. The number of aromatic nitrogens is 1. The van der Waals surface area contributed by atoms with Crippen LogP contribution in [0.5, 0.6) is 11.5 Å². The number of nitrogens with one attached hydrogen (secondary N) is 1. The molecule has 0 radical (unpaired) electrons. The van der Waals surface area contributed by atoms with E-state index in [1.165, 1.54) is 0 Å². The Bertz CT molecular complexity index is 900. The number of hydrogen-bond acceptors (Lipinski definition) is 4. The monoisotopic (exact) mass is 362 g/mol. The van der Waals surface area contributed by atoms with E-state index in [-0.39, 0.29) is 12.2 Å². The maximum atomic E-state index is 6.32. The Labute approximate surface area is 160 Å². The molecule has 1 aliphatic rings. The van der Waals surface area contributed by atoms with Crippen LogP contribution in [0.4, 0.5) is 0 Å². The molecule has 4 nitrogen and oxygen atoms in total. The van der Waals surface area contributed by atoms with Crippen LogP contribution in [0.1, 0.15) is 26.7 Å². The van der Waals surface area contributed by atoms with Gasteiger partial charge in [0.1, 0.15) is 17.6 Å². The molecule has 1 N–H and O–H groups in total. The predicted molar refractivity (Wildman–Crippen MR) is 109 cm³/mol. The number of fused-ring (bicyclic) bond motifs is 1. The molecular weight excluding hydrogens is 336 g/mol. The third-order valence-corrected chi connectivity index (χ3v) is 4.85. The number of nitrogens with zero attached hydrogens (tertiary/aromatic N) is 1. The van der Waals surface area contributed by atoms with Gasteiger partial charge in [-0.25, -0.2) is 0 Å². The van der Waals surface area contributed by atoms with Gasteiger partial charge in [0.2, 0.25) is 0 Å². The van der Waals surface area contributed by atoms with Gasteiger partial charge in [-0.2, -0.15) is 0 Å². The van der Waals surface area contributed by atoms with Gasteiger partial charge in [0.15, 0.2) is 0 Å². The second-order valence-electron chi connectivity index (χ2n) is 7.27. The summed E-state index contributed by atoms with van der Waals surface area (Å²) in [4.78, 5) is 4.66. The van der Waals surface area contributed by atoms with Crippen LogP contribution in [0.25, 0.3) is 22.0 Å². The van der Waals surface area contributed by atoms with Crippen molar-refractivity contribution >= 4 is 10.9 Å². The lowest BCUT2D eigenvalue weighted by molar-refractivity contribution is 0.164. The Morgan fingerprint density at radius 2 is 1.78 bits per heavy atom. The van der Waals surface area contributed by atoms with E-state index < -0.39 is 0 Å². The maximum absolute atomic E-state index is 6.32. The molecule has 3 aromatic rings. The molecule has 1 aromatic heterocycles. The molecule has 0 bridgehead atoms. The SMILES string of the molecule is CC(C)Oc1ccc(-c2cccc3c(OC4CCNCC4)ccnc23)cc1. The van der Waals surface area contributed by atoms with Gasteiger partial charge in [-0.15, -0.1) is 0 Å². The highest BCUT2D eigenvalue weighted by Crippen LogP contribution is 2.33. The minimum Gasteiger partial charge on any atom is -0.491 e. The van der Waals surface area contributed by atoms with Crippen LogP contribution >= 0.6 is 0 Å². The summed E-state index contributed by atoms with van der Waals surface area (Å²) in [6.45, 7) is 6.10. The minimum absolute atomic E-state index is 0.171. The lowest BCUT2D eigenvalue weighted by atomic mass is 10.0. The molecule has 1 aliphatic heterocycles. The van der Waals surface area contributed by atoms with Crippen LogP contribution in [0.3, 0.4) is 0 Å². The summed E-state index contributed by atoms with van der Waals surface area (Å²) < 4.78 is 12.1. The average Bonchev–Trinajstić information content (AvgIpc) is 2.69. The average molecular weight is 362 g/mol. The molecule has 0 amide bonds. The van der Waals surface area contributed by atoms with Gasteiger partial charge in [-0.1, -0.05) is 24.3 Å². The first kappa shape index (κ1) is 17.8. The van der Waals surface area contributed by atoms with Crippen molar-refractivity contribution in [2.75, 3.05) is 13.1 Å². The molecule has 0 unspecified atom stereocenters. The summed E-state index contributed by atoms with van der Waals surface area (Å²) >= 11 is 0. The van der Waals surface area contributed by atoms with Gasteiger partial charge >= 0.3 is 0 Å². The molecule has 1 fully saturated rings. The molecule has 0 saturated carbocycles. The van der Waals surface area contributed by atoms with E-state index in [9.17, 15) is 0 Å². The highest BCUT2D eigenvalue weighted by Gasteiger charge is 2.16. The fourth-order valence-corrected chi connectivity index (χ4v) is 3.56. The third kappa shape index (κ3) is 4.06. The second kappa shape index (κ2) is 7.97. The molecule has 2 aromatic carbocycles. The lowest BCUT2D eigenvalue weighted by Crippen LogP contribution is -2.34. The van der Waals surface area contributed by atoms with Gasteiger partial charge in [-0.3, -0.25) is 4.98 Å². The van der Waals surface area contributed by atoms with Crippen molar-refractivity contribution in [3.8, 4) is 22.6 Å². The number of hydrogen-bond donors (Lipinski definition) is 1. The van der Waals surface area contributed by atoms with Crippen molar-refractivity contribution in [1.82, 2.24) is 10.3 Å². The van der Waals surface area contributed by atoms with E-state index in [1.54, 1.807) is 0 Å². The van der Waals surface area contributed by atoms with E-state index in [0.29, 0.717) is 0 Å². The zero-order valence-corrected chi connectivity index (χ0v) is 15.9. The topological polar surface area (TPSA) is 43.4 Å². The van der Waals surface area contributed by atoms with Crippen LogP contribution in [0.2, 0.25) is 0 Å². The number of ether oxygens (including phenoxy) is 2.